The van der Waals surface area contributed by atoms with E-state index in [1.807, 2.05) is 12.1 Å². The molecule has 3 rings (SSSR count). The lowest BCUT2D eigenvalue weighted by atomic mass is 9.97. The van der Waals surface area contributed by atoms with Crippen molar-refractivity contribution in [2.75, 3.05) is 18.4 Å². The average molecular weight is 348 g/mol. The summed E-state index contributed by atoms with van der Waals surface area (Å²) in [5.74, 6) is 0.122. The van der Waals surface area contributed by atoms with Crippen LogP contribution in [0.15, 0.2) is 36.5 Å². The quantitative estimate of drug-likeness (QED) is 0.891. The fourth-order valence-electron chi connectivity index (χ4n) is 2.83. The first-order chi connectivity index (χ1) is 11.5. The molecule has 0 bridgehead atoms. The van der Waals surface area contributed by atoms with Gasteiger partial charge in [0.2, 0.25) is 5.91 Å². The lowest BCUT2D eigenvalue weighted by Gasteiger charge is -2.30. The van der Waals surface area contributed by atoms with Crippen LogP contribution in [0, 0.1) is 5.92 Å². The number of hydrogen-bond donors (Lipinski definition) is 2. The van der Waals surface area contributed by atoms with Gasteiger partial charge in [0, 0.05) is 24.2 Å². The molecule has 24 heavy (non-hydrogen) atoms. The molecule has 2 aromatic rings. The summed E-state index contributed by atoms with van der Waals surface area (Å²) in [5, 5.41) is 7.69. The maximum absolute atomic E-state index is 12.5. The number of carbonyl (C=O) groups is 2. The van der Waals surface area contributed by atoms with Crippen LogP contribution in [0.2, 0.25) is 5.02 Å². The minimum atomic E-state index is -0.489. The molecule has 1 fully saturated rings. The van der Waals surface area contributed by atoms with E-state index in [9.17, 15) is 9.59 Å². The van der Waals surface area contributed by atoms with Crippen LogP contribution in [0.3, 0.4) is 0 Å². The summed E-state index contributed by atoms with van der Waals surface area (Å²) < 4.78 is 1.61. The Morgan fingerprint density at radius 2 is 2.17 bits per heavy atom. The molecular weight excluding hydrogens is 330 g/mol. The normalized spacial score (nSPS) is 17.5. The Kier molecular flexibility index (Phi) is 4.71. The fourth-order valence-corrected chi connectivity index (χ4v) is 3.02. The third kappa shape index (κ3) is 3.51. The molecule has 0 radical (unpaired) electrons. The lowest BCUT2D eigenvalue weighted by Crippen LogP contribution is -2.46. The number of likely N-dealkylation sites (tertiary alicyclic amines) is 1. The van der Waals surface area contributed by atoms with Gasteiger partial charge in [-0.3, -0.25) is 4.79 Å². The molecule has 0 aliphatic carbocycles. The largest absolute Gasteiger partial charge is 0.351 e. The van der Waals surface area contributed by atoms with Crippen molar-refractivity contribution in [3.63, 3.8) is 0 Å². The second kappa shape index (κ2) is 6.92. The van der Waals surface area contributed by atoms with Crippen LogP contribution in [0.5, 0.6) is 0 Å². The van der Waals surface area contributed by atoms with Gasteiger partial charge in [0.1, 0.15) is 5.82 Å². The van der Waals surface area contributed by atoms with Gasteiger partial charge in [-0.1, -0.05) is 17.7 Å². The maximum Gasteiger partial charge on any atom is 0.314 e. The van der Waals surface area contributed by atoms with E-state index < -0.39 is 6.03 Å². The number of carbonyl (C=O) groups excluding carboxylic acids is 2. The van der Waals surface area contributed by atoms with Gasteiger partial charge in [0.05, 0.1) is 17.8 Å². The molecule has 1 aromatic carbocycles. The molecule has 8 heteroatoms. The smallest absolute Gasteiger partial charge is 0.314 e. The van der Waals surface area contributed by atoms with Gasteiger partial charge < -0.3 is 16.0 Å². The summed E-state index contributed by atoms with van der Waals surface area (Å²) in [7, 11) is 0. The van der Waals surface area contributed by atoms with Gasteiger partial charge in [-0.2, -0.15) is 5.10 Å². The van der Waals surface area contributed by atoms with Gasteiger partial charge >= 0.3 is 6.03 Å². The van der Waals surface area contributed by atoms with Crippen molar-refractivity contribution in [3.05, 3.63) is 41.6 Å². The maximum atomic E-state index is 12.5. The minimum Gasteiger partial charge on any atom is -0.351 e. The molecular formula is C16H18ClN5O2. The molecule has 1 aromatic heterocycles. The average Bonchev–Trinajstić information content (AvgIpc) is 3.03. The van der Waals surface area contributed by atoms with Crippen molar-refractivity contribution < 1.29 is 9.59 Å². The van der Waals surface area contributed by atoms with Crippen molar-refractivity contribution in [1.29, 1.82) is 0 Å². The molecule has 3 amide bonds. The molecule has 1 atom stereocenters. The van der Waals surface area contributed by atoms with Crippen LogP contribution < -0.4 is 11.1 Å². The van der Waals surface area contributed by atoms with Crippen LogP contribution in [-0.4, -0.2) is 39.7 Å². The van der Waals surface area contributed by atoms with Crippen molar-refractivity contribution in [2.45, 2.75) is 12.8 Å². The summed E-state index contributed by atoms with van der Waals surface area (Å²) >= 11 is 6.01. The number of piperidine rings is 1. The zero-order valence-electron chi connectivity index (χ0n) is 13.0. The Morgan fingerprint density at radius 3 is 2.92 bits per heavy atom. The number of aromatic nitrogens is 2. The van der Waals surface area contributed by atoms with Crippen LogP contribution in [0.25, 0.3) is 5.69 Å². The fraction of sp³-hybridized carbons (Fsp3) is 0.312. The third-order valence-corrected chi connectivity index (χ3v) is 4.29. The highest BCUT2D eigenvalue weighted by Gasteiger charge is 2.28. The van der Waals surface area contributed by atoms with E-state index in [1.54, 1.807) is 29.1 Å². The highest BCUT2D eigenvalue weighted by molar-refractivity contribution is 6.30. The number of anilines is 1. The second-order valence-electron chi connectivity index (χ2n) is 5.72. The molecule has 0 saturated carbocycles. The SMILES string of the molecule is NC(=O)N1CCC[C@H](C(=O)Nc2ccnn2-c2cccc(Cl)c2)C1. The van der Waals surface area contributed by atoms with Crippen LogP contribution in [-0.2, 0) is 4.79 Å². The van der Waals surface area contributed by atoms with E-state index in [1.165, 1.54) is 4.90 Å². The van der Waals surface area contributed by atoms with E-state index >= 15 is 0 Å². The molecule has 7 nitrogen and oxygen atoms in total. The zero-order chi connectivity index (χ0) is 17.1. The van der Waals surface area contributed by atoms with Crippen molar-refractivity contribution in [1.82, 2.24) is 14.7 Å². The molecule has 1 aliphatic heterocycles. The summed E-state index contributed by atoms with van der Waals surface area (Å²) in [5.41, 5.74) is 6.06. The predicted molar refractivity (Wildman–Crippen MR) is 91.1 cm³/mol. The highest BCUT2D eigenvalue weighted by Crippen LogP contribution is 2.21. The summed E-state index contributed by atoms with van der Waals surface area (Å²) in [6.45, 7) is 0.937. The molecule has 0 spiro atoms. The number of halogens is 1. The Morgan fingerprint density at radius 1 is 1.33 bits per heavy atom. The molecule has 1 saturated heterocycles. The Balaban J connectivity index is 1.74. The number of benzene rings is 1. The number of rotatable bonds is 3. The monoisotopic (exact) mass is 347 g/mol. The van der Waals surface area contributed by atoms with Crippen molar-refractivity contribution >= 4 is 29.4 Å². The van der Waals surface area contributed by atoms with Gasteiger partial charge in [-0.25, -0.2) is 9.48 Å². The van der Waals surface area contributed by atoms with E-state index in [0.717, 1.165) is 18.5 Å². The second-order valence-corrected chi connectivity index (χ2v) is 6.16. The molecule has 0 unspecified atom stereocenters. The number of nitrogens with zero attached hydrogens (tertiary/aromatic N) is 3. The number of hydrogen-bond acceptors (Lipinski definition) is 3. The minimum absolute atomic E-state index is 0.148. The Bertz CT molecular complexity index is 760. The molecule has 2 heterocycles. The standard InChI is InChI=1S/C16H18ClN5O2/c17-12-4-1-5-13(9-12)22-14(6-7-19-22)20-15(23)11-3-2-8-21(10-11)16(18)24/h1,4-7,9,11H,2-3,8,10H2,(H2,18,24)(H,20,23)/t11-/m0/s1. The van der Waals surface area contributed by atoms with Crippen LogP contribution in [0.4, 0.5) is 10.6 Å². The number of nitrogens with two attached hydrogens (primary N) is 1. The van der Waals surface area contributed by atoms with E-state index in [2.05, 4.69) is 10.4 Å². The van der Waals surface area contributed by atoms with Gasteiger partial charge in [0.15, 0.2) is 0 Å². The van der Waals surface area contributed by atoms with Gasteiger partial charge in [-0.05, 0) is 31.0 Å². The molecule has 3 N–H and O–H groups in total. The van der Waals surface area contributed by atoms with E-state index in [0.29, 0.717) is 23.9 Å². The van der Waals surface area contributed by atoms with Gasteiger partial charge in [0.25, 0.3) is 0 Å². The van der Waals surface area contributed by atoms with Crippen molar-refractivity contribution in [2.24, 2.45) is 11.7 Å². The lowest BCUT2D eigenvalue weighted by molar-refractivity contribution is -0.121. The van der Waals surface area contributed by atoms with Crippen LogP contribution in [0.1, 0.15) is 12.8 Å². The van der Waals surface area contributed by atoms with E-state index in [-0.39, 0.29) is 11.8 Å². The van der Waals surface area contributed by atoms with Crippen molar-refractivity contribution in [3.8, 4) is 5.69 Å². The summed E-state index contributed by atoms with van der Waals surface area (Å²) in [4.78, 5) is 25.3. The number of urea groups is 1. The third-order valence-electron chi connectivity index (χ3n) is 4.05. The Hall–Kier alpha value is -2.54. The number of primary amides is 1. The first-order valence-corrected chi connectivity index (χ1v) is 8.07. The summed E-state index contributed by atoms with van der Waals surface area (Å²) in [6.07, 6.45) is 3.09. The number of nitrogens with one attached hydrogen (secondary N) is 1. The summed E-state index contributed by atoms with van der Waals surface area (Å²) in [6, 6.07) is 8.43. The van der Waals surface area contributed by atoms with Crippen LogP contribution >= 0.6 is 11.6 Å². The Labute approximate surface area is 144 Å². The first-order valence-electron chi connectivity index (χ1n) is 7.70. The molecule has 1 aliphatic rings. The molecule has 126 valence electrons. The zero-order valence-corrected chi connectivity index (χ0v) is 13.7. The van der Waals surface area contributed by atoms with Gasteiger partial charge in [-0.15, -0.1) is 0 Å². The van der Waals surface area contributed by atoms with E-state index in [4.69, 9.17) is 17.3 Å². The predicted octanol–water partition coefficient (Wildman–Crippen LogP) is 2.25. The number of amides is 3. The highest BCUT2D eigenvalue weighted by atomic mass is 35.5. The first kappa shape index (κ1) is 16.3. The topological polar surface area (TPSA) is 93.2 Å².